The number of halogens is 2. The number of ether oxygens (including phenoxy) is 1. The molecule has 1 aliphatic heterocycles. The molecular weight excluding hydrogens is 515 g/mol. The molecule has 0 bridgehead atoms. The van der Waals surface area contributed by atoms with Crippen LogP contribution < -0.4 is 10.6 Å². The van der Waals surface area contributed by atoms with Crippen LogP contribution in [0.3, 0.4) is 0 Å². The summed E-state index contributed by atoms with van der Waals surface area (Å²) < 4.78 is 7.02. The molecule has 1 aliphatic rings. The first kappa shape index (κ1) is 23.1. The van der Waals surface area contributed by atoms with Crippen molar-refractivity contribution in [1.29, 1.82) is 0 Å². The van der Waals surface area contributed by atoms with Crippen molar-refractivity contribution in [1.82, 2.24) is 15.5 Å². The van der Waals surface area contributed by atoms with E-state index in [0.717, 1.165) is 49.8 Å². The predicted octanol–water partition coefficient (Wildman–Crippen LogP) is 3.54. The molecule has 0 saturated carbocycles. The minimum Gasteiger partial charge on any atom is -0.374 e. The zero-order chi connectivity index (χ0) is 17.4. The number of hydrogen-bond acceptors (Lipinski definition) is 4. The van der Waals surface area contributed by atoms with E-state index in [1.807, 2.05) is 0 Å². The van der Waals surface area contributed by atoms with Gasteiger partial charge in [0.05, 0.1) is 19.3 Å². The van der Waals surface area contributed by atoms with Gasteiger partial charge in [-0.25, -0.2) is 4.99 Å². The Labute approximate surface area is 181 Å². The summed E-state index contributed by atoms with van der Waals surface area (Å²) in [6.07, 6.45) is 0.220. The molecule has 0 radical (unpaired) electrons. The van der Waals surface area contributed by atoms with E-state index in [1.54, 1.807) is 11.3 Å². The summed E-state index contributed by atoms with van der Waals surface area (Å²) in [5, 5.41) is 8.81. The Kier molecular flexibility index (Phi) is 11.6. The number of guanidine groups is 1. The summed E-state index contributed by atoms with van der Waals surface area (Å²) in [5.41, 5.74) is 0. The van der Waals surface area contributed by atoms with Gasteiger partial charge in [-0.1, -0.05) is 13.8 Å². The highest BCUT2D eigenvalue weighted by Gasteiger charge is 2.21. The summed E-state index contributed by atoms with van der Waals surface area (Å²) >= 11 is 5.21. The lowest BCUT2D eigenvalue weighted by Gasteiger charge is -2.34. The highest BCUT2D eigenvalue weighted by Crippen LogP contribution is 2.20. The first-order valence-corrected chi connectivity index (χ1v) is 10.3. The van der Waals surface area contributed by atoms with Crippen molar-refractivity contribution < 1.29 is 4.74 Å². The lowest BCUT2D eigenvalue weighted by Crippen LogP contribution is -2.50. The van der Waals surface area contributed by atoms with Gasteiger partial charge >= 0.3 is 0 Å². The van der Waals surface area contributed by atoms with Crippen LogP contribution in [-0.4, -0.2) is 56.3 Å². The van der Waals surface area contributed by atoms with Crippen LogP contribution in [0.5, 0.6) is 0 Å². The highest BCUT2D eigenvalue weighted by atomic mass is 127. The molecule has 1 aromatic heterocycles. The highest BCUT2D eigenvalue weighted by molar-refractivity contribution is 14.0. The first-order chi connectivity index (χ1) is 11.6. The SMILES string of the molecule is CCNC(=NCc1cc(Br)cs1)NCC1CN(CC(C)C)CCO1.I. The van der Waals surface area contributed by atoms with Crippen molar-refractivity contribution in [2.24, 2.45) is 10.9 Å². The number of nitrogens with zero attached hydrogens (tertiary/aromatic N) is 2. The zero-order valence-corrected chi connectivity index (χ0v) is 20.0. The van der Waals surface area contributed by atoms with E-state index < -0.39 is 0 Å². The summed E-state index contributed by atoms with van der Waals surface area (Å²) in [4.78, 5) is 8.40. The monoisotopic (exact) mass is 544 g/mol. The maximum Gasteiger partial charge on any atom is 0.191 e. The van der Waals surface area contributed by atoms with E-state index in [-0.39, 0.29) is 30.1 Å². The number of nitrogens with one attached hydrogen (secondary N) is 2. The number of rotatable bonds is 7. The molecule has 2 N–H and O–H groups in total. The zero-order valence-electron chi connectivity index (χ0n) is 15.3. The fourth-order valence-electron chi connectivity index (χ4n) is 2.73. The smallest absolute Gasteiger partial charge is 0.191 e. The molecular formula is C17H30BrIN4OS. The lowest BCUT2D eigenvalue weighted by molar-refractivity contribution is -0.0284. The Bertz CT molecular complexity index is 527. The first-order valence-electron chi connectivity index (χ1n) is 8.65. The molecule has 2 heterocycles. The predicted molar refractivity (Wildman–Crippen MR) is 121 cm³/mol. The lowest BCUT2D eigenvalue weighted by atomic mass is 10.2. The molecule has 1 saturated heterocycles. The molecule has 0 aromatic carbocycles. The van der Waals surface area contributed by atoms with Crippen LogP contribution in [0, 0.1) is 5.92 Å². The van der Waals surface area contributed by atoms with Gasteiger partial charge in [0.15, 0.2) is 5.96 Å². The maximum atomic E-state index is 5.89. The van der Waals surface area contributed by atoms with Crippen LogP contribution in [0.25, 0.3) is 0 Å². The minimum atomic E-state index is 0. The molecule has 0 aliphatic carbocycles. The topological polar surface area (TPSA) is 48.9 Å². The van der Waals surface area contributed by atoms with Crippen molar-refractivity contribution in [3.8, 4) is 0 Å². The summed E-state index contributed by atoms with van der Waals surface area (Å²) in [5.74, 6) is 1.55. The van der Waals surface area contributed by atoms with E-state index in [2.05, 4.69) is 68.7 Å². The van der Waals surface area contributed by atoms with E-state index >= 15 is 0 Å². The fraction of sp³-hybridized carbons (Fsp3) is 0.706. The average molecular weight is 545 g/mol. The van der Waals surface area contributed by atoms with Gasteiger partial charge in [-0.15, -0.1) is 35.3 Å². The Balaban J connectivity index is 0.00000312. The Morgan fingerprint density at radius 3 is 2.92 bits per heavy atom. The second kappa shape index (κ2) is 12.5. The minimum absolute atomic E-state index is 0. The van der Waals surface area contributed by atoms with Crippen molar-refractivity contribution in [3.05, 3.63) is 20.8 Å². The Morgan fingerprint density at radius 2 is 2.28 bits per heavy atom. The van der Waals surface area contributed by atoms with Crippen molar-refractivity contribution in [2.75, 3.05) is 39.3 Å². The van der Waals surface area contributed by atoms with Crippen LogP contribution in [-0.2, 0) is 11.3 Å². The third kappa shape index (κ3) is 9.03. The molecule has 1 unspecified atom stereocenters. The van der Waals surface area contributed by atoms with Crippen molar-refractivity contribution in [3.63, 3.8) is 0 Å². The molecule has 1 aromatic rings. The van der Waals surface area contributed by atoms with Crippen LogP contribution >= 0.6 is 51.2 Å². The van der Waals surface area contributed by atoms with Gasteiger partial charge in [0, 0.05) is 47.5 Å². The molecule has 8 heteroatoms. The van der Waals surface area contributed by atoms with Crippen LogP contribution in [0.2, 0.25) is 0 Å². The van der Waals surface area contributed by atoms with Gasteiger partial charge in [-0.2, -0.15) is 0 Å². The van der Waals surface area contributed by atoms with Gasteiger partial charge in [-0.3, -0.25) is 4.90 Å². The van der Waals surface area contributed by atoms with Gasteiger partial charge in [0.2, 0.25) is 0 Å². The molecule has 144 valence electrons. The van der Waals surface area contributed by atoms with Gasteiger partial charge in [-0.05, 0) is 34.8 Å². The number of thiophene rings is 1. The van der Waals surface area contributed by atoms with Crippen molar-refractivity contribution >= 4 is 57.2 Å². The third-order valence-electron chi connectivity index (χ3n) is 3.70. The third-order valence-corrected chi connectivity index (χ3v) is 5.38. The molecule has 5 nitrogen and oxygen atoms in total. The van der Waals surface area contributed by atoms with Crippen molar-refractivity contribution in [2.45, 2.75) is 33.4 Å². The van der Waals surface area contributed by atoms with E-state index in [1.165, 1.54) is 4.88 Å². The van der Waals surface area contributed by atoms with Gasteiger partial charge < -0.3 is 15.4 Å². The van der Waals surface area contributed by atoms with Crippen LogP contribution in [0.1, 0.15) is 25.6 Å². The Hall–Kier alpha value is 0.1000. The number of aliphatic imine (C=N–C) groups is 1. The quantitative estimate of drug-likeness (QED) is 0.313. The van der Waals surface area contributed by atoms with E-state index in [4.69, 9.17) is 4.74 Å². The number of hydrogen-bond donors (Lipinski definition) is 2. The maximum absolute atomic E-state index is 5.89. The molecule has 25 heavy (non-hydrogen) atoms. The van der Waals surface area contributed by atoms with Crippen LogP contribution in [0.15, 0.2) is 20.9 Å². The molecule has 1 fully saturated rings. The number of morpholine rings is 1. The molecule has 0 amide bonds. The standard InChI is InChI=1S/C17H29BrN4OS.HI/c1-4-19-17(21-9-16-7-14(18)12-24-16)20-8-15-11-22(5-6-23-15)10-13(2)3;/h7,12-13,15H,4-6,8-11H2,1-3H3,(H2,19,20,21);1H. The van der Waals surface area contributed by atoms with E-state index in [0.29, 0.717) is 12.5 Å². The van der Waals surface area contributed by atoms with Crippen LogP contribution in [0.4, 0.5) is 0 Å². The fourth-order valence-corrected chi connectivity index (χ4v) is 4.11. The Morgan fingerprint density at radius 1 is 1.48 bits per heavy atom. The summed E-state index contributed by atoms with van der Waals surface area (Å²) in [6, 6.07) is 2.12. The summed E-state index contributed by atoms with van der Waals surface area (Å²) in [7, 11) is 0. The molecule has 1 atom stereocenters. The summed E-state index contributed by atoms with van der Waals surface area (Å²) in [6.45, 7) is 12.9. The molecule has 0 spiro atoms. The average Bonchev–Trinajstić information content (AvgIpc) is 2.95. The normalized spacial score (nSPS) is 18.9. The molecule has 2 rings (SSSR count). The second-order valence-electron chi connectivity index (χ2n) is 6.45. The van der Waals surface area contributed by atoms with Gasteiger partial charge in [0.25, 0.3) is 0 Å². The van der Waals surface area contributed by atoms with E-state index in [9.17, 15) is 0 Å². The second-order valence-corrected chi connectivity index (χ2v) is 8.36. The largest absolute Gasteiger partial charge is 0.374 e. The van der Waals surface area contributed by atoms with Gasteiger partial charge in [0.1, 0.15) is 0 Å².